The molecule has 112 valence electrons. The van der Waals surface area contributed by atoms with E-state index in [2.05, 4.69) is 52.1 Å². The Bertz CT molecular complexity index is 843. The lowest BCUT2D eigenvalue weighted by Crippen LogP contribution is -2.31. The molecule has 0 aliphatic carbocycles. The van der Waals surface area contributed by atoms with Crippen LogP contribution >= 0.6 is 22.9 Å². The summed E-state index contributed by atoms with van der Waals surface area (Å²) in [5.41, 5.74) is 2.82. The van der Waals surface area contributed by atoms with E-state index in [4.69, 9.17) is 11.6 Å². The highest BCUT2D eigenvalue weighted by Gasteiger charge is 2.21. The number of anilines is 1. The van der Waals surface area contributed by atoms with Crippen LogP contribution in [0.5, 0.6) is 0 Å². The van der Waals surface area contributed by atoms with E-state index in [1.165, 1.54) is 16.0 Å². The van der Waals surface area contributed by atoms with Crippen LogP contribution in [0.15, 0.2) is 30.3 Å². The van der Waals surface area contributed by atoms with E-state index in [0.717, 1.165) is 42.0 Å². The molecular weight excluding hydrogens is 314 g/mol. The van der Waals surface area contributed by atoms with Crippen molar-refractivity contribution in [1.82, 2.24) is 9.97 Å². The van der Waals surface area contributed by atoms with Gasteiger partial charge in [-0.15, -0.1) is 11.3 Å². The van der Waals surface area contributed by atoms with Crippen molar-refractivity contribution >= 4 is 39.0 Å². The fraction of sp³-hybridized carbons (Fsp3) is 0.294. The molecule has 0 fully saturated rings. The van der Waals surface area contributed by atoms with Crippen molar-refractivity contribution in [3.63, 3.8) is 0 Å². The first-order valence-electron chi connectivity index (χ1n) is 7.52. The van der Waals surface area contributed by atoms with E-state index in [-0.39, 0.29) is 0 Å². The molecule has 2 aromatic heterocycles. The lowest BCUT2D eigenvalue weighted by molar-refractivity contribution is 0.723. The van der Waals surface area contributed by atoms with Gasteiger partial charge in [-0.1, -0.05) is 31.2 Å². The minimum absolute atomic E-state index is 0.339. The molecule has 3 heterocycles. The molecule has 0 atom stereocenters. The van der Waals surface area contributed by atoms with Gasteiger partial charge in [0.05, 0.1) is 5.39 Å². The number of thiophene rings is 1. The van der Waals surface area contributed by atoms with E-state index in [0.29, 0.717) is 5.28 Å². The van der Waals surface area contributed by atoms with Gasteiger partial charge in [-0.25, -0.2) is 4.98 Å². The smallest absolute Gasteiger partial charge is 0.225 e. The summed E-state index contributed by atoms with van der Waals surface area (Å²) in [6.07, 6.45) is 2.06. The summed E-state index contributed by atoms with van der Waals surface area (Å²) in [5, 5.41) is 1.47. The topological polar surface area (TPSA) is 29.0 Å². The fourth-order valence-corrected chi connectivity index (χ4v) is 4.20. The predicted molar refractivity (Wildman–Crippen MR) is 93.0 cm³/mol. The number of fused-ring (bicyclic) bond motifs is 2. The van der Waals surface area contributed by atoms with Crippen molar-refractivity contribution in [3.8, 4) is 0 Å². The lowest BCUT2D eigenvalue weighted by Gasteiger charge is -2.30. The maximum Gasteiger partial charge on any atom is 0.225 e. The van der Waals surface area contributed by atoms with E-state index in [1.807, 2.05) is 0 Å². The van der Waals surface area contributed by atoms with Gasteiger partial charge < -0.3 is 4.90 Å². The van der Waals surface area contributed by atoms with Crippen molar-refractivity contribution < 1.29 is 0 Å². The third-order valence-corrected chi connectivity index (χ3v) is 5.52. The Balaban J connectivity index is 1.79. The van der Waals surface area contributed by atoms with Gasteiger partial charge in [-0.05, 0) is 41.6 Å². The summed E-state index contributed by atoms with van der Waals surface area (Å²) in [6.45, 7) is 4.02. The Kier molecular flexibility index (Phi) is 3.51. The second-order valence-electron chi connectivity index (χ2n) is 5.54. The first-order chi connectivity index (χ1) is 10.7. The molecule has 0 amide bonds. The Morgan fingerprint density at radius 1 is 1.23 bits per heavy atom. The summed E-state index contributed by atoms with van der Waals surface area (Å²) < 4.78 is 0. The molecule has 0 N–H and O–H groups in total. The van der Waals surface area contributed by atoms with Gasteiger partial charge >= 0.3 is 0 Å². The molecule has 1 aliphatic rings. The molecule has 1 aliphatic heterocycles. The van der Waals surface area contributed by atoms with E-state index in [1.54, 1.807) is 11.3 Å². The predicted octanol–water partition coefficient (Wildman–Crippen LogP) is 4.47. The first kappa shape index (κ1) is 14.0. The second kappa shape index (κ2) is 5.52. The van der Waals surface area contributed by atoms with Gasteiger partial charge in [0.15, 0.2) is 0 Å². The van der Waals surface area contributed by atoms with Crippen molar-refractivity contribution in [1.29, 1.82) is 0 Å². The van der Waals surface area contributed by atoms with Crippen LogP contribution in [-0.4, -0.2) is 16.5 Å². The Morgan fingerprint density at radius 3 is 2.86 bits per heavy atom. The van der Waals surface area contributed by atoms with E-state index in [9.17, 15) is 0 Å². The SMILES string of the molecule is CCc1cc2c(N3CCc4ccccc4C3)nc(Cl)nc2s1. The molecule has 0 spiro atoms. The second-order valence-corrected chi connectivity index (χ2v) is 6.99. The molecule has 0 radical (unpaired) electrons. The lowest BCUT2D eigenvalue weighted by atomic mass is 10.00. The zero-order chi connectivity index (χ0) is 15.1. The molecule has 3 nitrogen and oxygen atoms in total. The average Bonchev–Trinajstić information content (AvgIpc) is 2.96. The molecule has 4 rings (SSSR count). The normalized spacial score (nSPS) is 14.4. The number of rotatable bonds is 2. The van der Waals surface area contributed by atoms with Gasteiger partial charge in [-0.2, -0.15) is 4.98 Å². The molecule has 0 saturated heterocycles. The number of hydrogen-bond acceptors (Lipinski definition) is 4. The number of aromatic nitrogens is 2. The molecular formula is C17H16ClN3S. The molecule has 1 aromatic carbocycles. The monoisotopic (exact) mass is 329 g/mol. The molecule has 5 heteroatoms. The fourth-order valence-electron chi connectivity index (χ4n) is 3.02. The first-order valence-corrected chi connectivity index (χ1v) is 8.71. The third kappa shape index (κ3) is 2.36. The third-order valence-electron chi connectivity index (χ3n) is 4.18. The number of halogens is 1. The number of benzene rings is 1. The Hall–Kier alpha value is -1.65. The Morgan fingerprint density at radius 2 is 2.05 bits per heavy atom. The summed E-state index contributed by atoms with van der Waals surface area (Å²) >= 11 is 7.87. The highest BCUT2D eigenvalue weighted by Crippen LogP contribution is 2.34. The van der Waals surface area contributed by atoms with Crippen molar-refractivity contribution in [2.45, 2.75) is 26.3 Å². The number of aryl methyl sites for hydroxylation is 1. The minimum Gasteiger partial charge on any atom is -0.351 e. The van der Waals surface area contributed by atoms with Gasteiger partial charge in [-0.3, -0.25) is 0 Å². The highest BCUT2D eigenvalue weighted by atomic mass is 35.5. The van der Waals surface area contributed by atoms with Crippen LogP contribution < -0.4 is 4.90 Å². The summed E-state index contributed by atoms with van der Waals surface area (Å²) in [4.78, 5) is 13.6. The van der Waals surface area contributed by atoms with Crippen molar-refractivity contribution in [3.05, 3.63) is 51.6 Å². The maximum atomic E-state index is 6.15. The van der Waals surface area contributed by atoms with Crippen LogP contribution in [-0.2, 0) is 19.4 Å². The van der Waals surface area contributed by atoms with Gasteiger partial charge in [0.2, 0.25) is 5.28 Å². The van der Waals surface area contributed by atoms with Crippen molar-refractivity contribution in [2.75, 3.05) is 11.4 Å². The zero-order valence-corrected chi connectivity index (χ0v) is 13.9. The quantitative estimate of drug-likeness (QED) is 0.649. The summed E-state index contributed by atoms with van der Waals surface area (Å²) in [6, 6.07) is 10.8. The molecule has 0 unspecified atom stereocenters. The van der Waals surface area contributed by atoms with Gasteiger partial charge in [0.25, 0.3) is 0 Å². The maximum absolute atomic E-state index is 6.15. The molecule has 3 aromatic rings. The summed E-state index contributed by atoms with van der Waals surface area (Å²) in [5.74, 6) is 0.973. The molecule has 22 heavy (non-hydrogen) atoms. The zero-order valence-electron chi connectivity index (χ0n) is 12.3. The summed E-state index contributed by atoms with van der Waals surface area (Å²) in [7, 11) is 0. The van der Waals surface area contributed by atoms with Crippen LogP contribution in [0.2, 0.25) is 5.28 Å². The largest absolute Gasteiger partial charge is 0.351 e. The van der Waals surface area contributed by atoms with Crippen LogP contribution in [0.1, 0.15) is 22.9 Å². The van der Waals surface area contributed by atoms with Crippen LogP contribution in [0.4, 0.5) is 5.82 Å². The van der Waals surface area contributed by atoms with E-state index >= 15 is 0 Å². The number of nitrogens with zero attached hydrogens (tertiary/aromatic N) is 3. The van der Waals surface area contributed by atoms with Crippen molar-refractivity contribution in [2.24, 2.45) is 0 Å². The molecule has 0 bridgehead atoms. The number of hydrogen-bond donors (Lipinski definition) is 0. The Labute approximate surface area is 138 Å². The standard InChI is InChI=1S/C17H16ClN3S/c1-2-13-9-14-15(19-17(18)20-16(14)22-13)21-8-7-11-5-3-4-6-12(11)10-21/h3-6,9H,2,7-8,10H2,1H3. The van der Waals surface area contributed by atoms with Gasteiger partial charge in [0, 0.05) is 18.0 Å². The van der Waals surface area contributed by atoms with Gasteiger partial charge in [0.1, 0.15) is 10.6 Å². The highest BCUT2D eigenvalue weighted by molar-refractivity contribution is 7.18. The van der Waals surface area contributed by atoms with Crippen LogP contribution in [0.3, 0.4) is 0 Å². The van der Waals surface area contributed by atoms with Crippen LogP contribution in [0.25, 0.3) is 10.2 Å². The van der Waals surface area contributed by atoms with E-state index < -0.39 is 0 Å². The average molecular weight is 330 g/mol. The van der Waals surface area contributed by atoms with Crippen LogP contribution in [0, 0.1) is 0 Å². The minimum atomic E-state index is 0.339. The molecule has 0 saturated carbocycles.